The van der Waals surface area contributed by atoms with Gasteiger partial charge in [-0.05, 0) is 94.6 Å². The SMILES string of the molecule is C/C1=C/C=C/C(C)CCC(O)C[C@H](OC(=O)CC(=O)N2C3CCC2CC(c2ccccc2)C3)CC/C=C/OC2(C)Oc3c(C)c(O)c4c(O)c(c5c(c4c3C2=O)=NC2(CCN(CC(C)C)CC2)N=5)NC1=O. The Morgan fingerprint density at radius 3 is 2.34 bits per heavy atom. The maximum atomic E-state index is 14.8. The number of hydrogen-bond acceptors (Lipinski definition) is 13. The highest BCUT2D eigenvalue weighted by Crippen LogP contribution is 2.50. The van der Waals surface area contributed by atoms with Crippen molar-refractivity contribution in [2.75, 3.05) is 25.0 Å². The number of fused-ring (bicyclic) bond motifs is 15. The topological polar surface area (TPSA) is 200 Å². The van der Waals surface area contributed by atoms with Crippen LogP contribution in [0.25, 0.3) is 10.8 Å². The van der Waals surface area contributed by atoms with Gasteiger partial charge < -0.3 is 44.6 Å². The fourth-order valence-electron chi connectivity index (χ4n) is 11.7. The predicted molar refractivity (Wildman–Crippen MR) is 268 cm³/mol. The summed E-state index contributed by atoms with van der Waals surface area (Å²) in [5.74, 6) is -3.72. The molecule has 2 amide bonds. The molecule has 378 valence electrons. The second-order valence-electron chi connectivity index (χ2n) is 21.4. The quantitative estimate of drug-likeness (QED) is 0.107. The minimum atomic E-state index is -1.90. The number of carbonyl (C=O) groups excluding carboxylic acids is 4. The highest BCUT2D eigenvalue weighted by atomic mass is 16.7. The third-order valence-corrected chi connectivity index (χ3v) is 15.5. The zero-order valence-electron chi connectivity index (χ0n) is 41.9. The highest BCUT2D eigenvalue weighted by Gasteiger charge is 2.50. The number of ketones is 1. The van der Waals surface area contributed by atoms with Crippen LogP contribution in [0.4, 0.5) is 5.69 Å². The van der Waals surface area contributed by atoms with Crippen molar-refractivity contribution >= 4 is 40.0 Å². The van der Waals surface area contributed by atoms with E-state index >= 15 is 0 Å². The Morgan fingerprint density at radius 1 is 0.930 bits per heavy atom. The summed E-state index contributed by atoms with van der Waals surface area (Å²) in [5.41, 5.74) is 0.915. The summed E-state index contributed by atoms with van der Waals surface area (Å²) in [7, 11) is 0. The fraction of sp³-hybridized carbons (Fsp3) is 0.536. The second-order valence-corrected chi connectivity index (χ2v) is 21.4. The van der Waals surface area contributed by atoms with Gasteiger partial charge in [0.1, 0.15) is 35.1 Å². The van der Waals surface area contributed by atoms with E-state index < -0.39 is 47.1 Å². The van der Waals surface area contributed by atoms with Gasteiger partial charge in [0.2, 0.25) is 5.91 Å². The molecule has 0 saturated carbocycles. The van der Waals surface area contributed by atoms with Gasteiger partial charge in [0.25, 0.3) is 11.7 Å². The molecule has 6 atom stereocenters. The Balaban J connectivity index is 0.987. The van der Waals surface area contributed by atoms with Crippen LogP contribution in [0.15, 0.2) is 76.5 Å². The van der Waals surface area contributed by atoms with E-state index in [4.69, 9.17) is 24.2 Å². The molecule has 15 nitrogen and oxygen atoms in total. The van der Waals surface area contributed by atoms with Crippen molar-refractivity contribution in [3.63, 3.8) is 0 Å². The first-order valence-electron chi connectivity index (χ1n) is 25.7. The summed E-state index contributed by atoms with van der Waals surface area (Å²) in [5, 5.41) is 38.8. The number of aromatic hydroxyl groups is 2. The number of allylic oxidation sites excluding steroid dienone is 4. The summed E-state index contributed by atoms with van der Waals surface area (Å²) < 4.78 is 18.4. The Morgan fingerprint density at radius 2 is 1.63 bits per heavy atom. The molecule has 3 fully saturated rings. The van der Waals surface area contributed by atoms with Crippen LogP contribution < -0.4 is 20.8 Å². The van der Waals surface area contributed by atoms with Gasteiger partial charge in [-0.25, -0.2) is 0 Å². The van der Waals surface area contributed by atoms with Crippen molar-refractivity contribution in [1.29, 1.82) is 0 Å². The van der Waals surface area contributed by atoms with E-state index in [0.29, 0.717) is 55.9 Å². The first-order chi connectivity index (χ1) is 33.9. The number of ether oxygens (including phenoxy) is 3. The molecule has 0 aromatic heterocycles. The van der Waals surface area contributed by atoms with E-state index in [1.165, 1.54) is 18.7 Å². The Kier molecular flexibility index (Phi) is 14.2. The average molecular weight is 972 g/mol. The number of phenols is 2. The number of Topliss-reactive ketones (excluding diaryl/α,β-unsaturated/α-hetero) is 1. The summed E-state index contributed by atoms with van der Waals surface area (Å²) in [6, 6.07) is 10.5. The number of nitrogens with zero attached hydrogens (tertiary/aromatic N) is 4. The van der Waals surface area contributed by atoms with E-state index in [2.05, 4.69) is 36.2 Å². The van der Waals surface area contributed by atoms with Crippen LogP contribution in [0, 0.1) is 18.8 Å². The van der Waals surface area contributed by atoms with Crippen molar-refractivity contribution in [2.24, 2.45) is 21.8 Å². The Labute approximate surface area is 415 Å². The fourth-order valence-corrected chi connectivity index (χ4v) is 11.7. The van der Waals surface area contributed by atoms with Crippen LogP contribution in [0.2, 0.25) is 0 Å². The van der Waals surface area contributed by atoms with E-state index in [1.807, 2.05) is 36.1 Å². The number of hydrogen-bond donors (Lipinski definition) is 4. The van der Waals surface area contributed by atoms with Crippen molar-refractivity contribution in [1.82, 2.24) is 9.80 Å². The van der Waals surface area contributed by atoms with Crippen molar-refractivity contribution in [3.05, 3.63) is 93.9 Å². The van der Waals surface area contributed by atoms with Crippen LogP contribution >= 0.6 is 0 Å². The molecule has 3 saturated heterocycles. The molecule has 7 aliphatic rings. The molecule has 5 unspecified atom stereocenters. The molecule has 71 heavy (non-hydrogen) atoms. The maximum Gasteiger partial charge on any atom is 0.315 e. The van der Waals surface area contributed by atoms with Crippen molar-refractivity contribution < 1.29 is 48.7 Å². The number of rotatable bonds is 6. The van der Waals surface area contributed by atoms with E-state index in [0.717, 1.165) is 45.3 Å². The number of nitrogens with one attached hydrogen (secondary N) is 1. The van der Waals surface area contributed by atoms with Crippen molar-refractivity contribution in [2.45, 2.75) is 160 Å². The van der Waals surface area contributed by atoms with Crippen LogP contribution in [0.1, 0.15) is 139 Å². The highest BCUT2D eigenvalue weighted by molar-refractivity contribution is 6.19. The summed E-state index contributed by atoms with van der Waals surface area (Å²) in [4.78, 5) is 70.7. The minimum Gasteiger partial charge on any atom is -0.507 e. The summed E-state index contributed by atoms with van der Waals surface area (Å²) >= 11 is 0. The molecule has 3 aromatic carbocycles. The van der Waals surface area contributed by atoms with Gasteiger partial charge in [0.05, 0.1) is 28.7 Å². The van der Waals surface area contributed by atoms with Gasteiger partial charge in [-0.15, -0.1) is 0 Å². The largest absolute Gasteiger partial charge is 0.507 e. The normalized spacial score (nSPS) is 29.4. The Bertz CT molecular complexity index is 2800. The van der Waals surface area contributed by atoms with Crippen LogP contribution in [-0.2, 0) is 23.9 Å². The molecule has 7 bridgehead atoms. The van der Waals surface area contributed by atoms with Gasteiger partial charge in [0, 0.05) is 74.4 Å². The van der Waals surface area contributed by atoms with Gasteiger partial charge >= 0.3 is 11.8 Å². The smallest absolute Gasteiger partial charge is 0.315 e. The molecule has 7 aliphatic heterocycles. The van der Waals surface area contributed by atoms with Crippen molar-refractivity contribution in [3.8, 4) is 17.2 Å². The molecule has 3 aromatic rings. The van der Waals surface area contributed by atoms with E-state index in [9.17, 15) is 34.5 Å². The van der Waals surface area contributed by atoms with Gasteiger partial charge in [-0.3, -0.25) is 29.2 Å². The van der Waals surface area contributed by atoms with Gasteiger partial charge in [0.15, 0.2) is 11.4 Å². The number of phenolic OH excluding ortho intramolecular Hbond substituents is 2. The van der Waals surface area contributed by atoms with Crippen LogP contribution in [-0.4, -0.2) is 104 Å². The molecular weight excluding hydrogens is 903 g/mol. The van der Waals surface area contributed by atoms with Gasteiger partial charge in [-0.2, -0.15) is 0 Å². The molecule has 7 heterocycles. The number of anilines is 1. The first-order valence-corrected chi connectivity index (χ1v) is 25.7. The molecule has 4 N–H and O–H groups in total. The second kappa shape index (κ2) is 20.2. The molecule has 0 aliphatic carbocycles. The Hall–Kier alpha value is -6.06. The first kappa shape index (κ1) is 49.9. The minimum absolute atomic E-state index is 0.0118. The number of benzene rings is 3. The number of aliphatic hydroxyl groups is 1. The number of carbonyl (C=O) groups is 4. The number of amides is 2. The molecule has 1 spiro atoms. The summed E-state index contributed by atoms with van der Waals surface area (Å²) in [6.07, 6.45) is 12.9. The number of likely N-dealkylation sites (tertiary alicyclic amines) is 1. The third-order valence-electron chi connectivity index (χ3n) is 15.5. The van der Waals surface area contributed by atoms with E-state index in [-0.39, 0.29) is 86.6 Å². The molecule has 15 heteroatoms. The zero-order valence-corrected chi connectivity index (χ0v) is 41.9. The molecule has 0 radical (unpaired) electrons. The third kappa shape index (κ3) is 10.1. The molecular formula is C56H69N5O10. The zero-order chi connectivity index (χ0) is 50.4. The monoisotopic (exact) mass is 972 g/mol. The standard InChI is InChI=1S/C56H69N5O10/c1-32(2)31-60-24-22-56(23-25-60)58-47-44-45-50(65)35(5)52-46(44)53(67)55(6,71-52)69-26-11-10-17-41(29-40(62)21-18-33(3)13-12-14-34(4)54(68)57-49(51(45)66)48(47)59-56)70-43(64)30-42(63)61-38-19-20-39(61)28-37(27-38)36-15-8-7-9-16-36/h7-9,11-16,26,32-33,37-41,62,65-66H,10,17-25,27-31H2,1-6H3,(H,57,68)/b13-12+,26-11+,34-14-/t33?,37?,38?,39?,40?,41-,55?/m1/s1. The predicted octanol–water partition coefficient (Wildman–Crippen LogP) is 7.72. The number of aliphatic hydroxyl groups excluding tert-OH is 1. The lowest BCUT2D eigenvalue weighted by Crippen LogP contribution is -2.46. The average Bonchev–Trinajstić information content (AvgIpc) is 3.93. The lowest BCUT2D eigenvalue weighted by Gasteiger charge is -2.39. The summed E-state index contributed by atoms with van der Waals surface area (Å²) in [6.45, 7) is 13.4. The maximum absolute atomic E-state index is 14.8. The van der Waals surface area contributed by atoms with Crippen LogP contribution in [0.3, 0.4) is 0 Å². The lowest BCUT2D eigenvalue weighted by molar-refractivity contribution is -0.156. The van der Waals surface area contributed by atoms with Crippen LogP contribution in [0.5, 0.6) is 17.2 Å². The number of piperidine rings is 2. The lowest BCUT2D eigenvalue weighted by atomic mass is 9.85. The van der Waals surface area contributed by atoms with Gasteiger partial charge in [-0.1, -0.05) is 69.3 Å². The van der Waals surface area contributed by atoms with E-state index in [1.54, 1.807) is 32.1 Å². The number of esters is 1. The molecule has 10 rings (SSSR count).